The van der Waals surface area contributed by atoms with Gasteiger partial charge in [0.25, 0.3) is 0 Å². The predicted octanol–water partition coefficient (Wildman–Crippen LogP) is 3.01. The Labute approximate surface area is 129 Å². The molecule has 1 atom stereocenters. The van der Waals surface area contributed by atoms with Crippen LogP contribution in [0.1, 0.15) is 22.2 Å². The smallest absolute Gasteiger partial charge is 0.176 e. The number of nitrogens with zero attached hydrogens (tertiary/aromatic N) is 1. The highest BCUT2D eigenvalue weighted by atomic mass is 35.5. The van der Waals surface area contributed by atoms with Crippen LogP contribution in [-0.2, 0) is 0 Å². The van der Waals surface area contributed by atoms with E-state index in [-0.39, 0.29) is 18.4 Å². The van der Waals surface area contributed by atoms with Crippen LogP contribution in [0.3, 0.4) is 0 Å². The van der Waals surface area contributed by atoms with Gasteiger partial charge >= 0.3 is 0 Å². The van der Waals surface area contributed by atoms with Gasteiger partial charge in [0.1, 0.15) is 5.76 Å². The van der Waals surface area contributed by atoms with E-state index in [0.29, 0.717) is 17.1 Å². The summed E-state index contributed by atoms with van der Waals surface area (Å²) in [5, 5.41) is 3.81. The average molecular weight is 307 g/mol. The lowest BCUT2D eigenvalue weighted by atomic mass is 10.1. The lowest BCUT2D eigenvalue weighted by Crippen LogP contribution is -2.33. The van der Waals surface area contributed by atoms with Gasteiger partial charge in [0.15, 0.2) is 5.78 Å². The molecule has 2 rings (SSSR count). The molecular formula is C16H19ClN2O2. The van der Waals surface area contributed by atoms with Crippen molar-refractivity contribution in [1.29, 1.82) is 0 Å². The van der Waals surface area contributed by atoms with Gasteiger partial charge in [-0.1, -0.05) is 11.6 Å². The summed E-state index contributed by atoms with van der Waals surface area (Å²) in [5.41, 5.74) is 0.659. The number of nitrogens with one attached hydrogen (secondary N) is 1. The predicted molar refractivity (Wildman–Crippen MR) is 83.8 cm³/mol. The van der Waals surface area contributed by atoms with Gasteiger partial charge in [-0.3, -0.25) is 9.69 Å². The van der Waals surface area contributed by atoms with Crippen molar-refractivity contribution in [2.45, 2.75) is 6.04 Å². The van der Waals surface area contributed by atoms with Crippen molar-refractivity contribution in [2.75, 3.05) is 27.2 Å². The van der Waals surface area contributed by atoms with Gasteiger partial charge in [0.2, 0.25) is 0 Å². The molecular weight excluding hydrogens is 288 g/mol. The third kappa shape index (κ3) is 4.43. The first-order valence-corrected chi connectivity index (χ1v) is 7.15. The van der Waals surface area contributed by atoms with Gasteiger partial charge in [-0.25, -0.2) is 0 Å². The van der Waals surface area contributed by atoms with E-state index in [4.69, 9.17) is 16.0 Å². The maximum atomic E-state index is 12.1. The van der Waals surface area contributed by atoms with Crippen molar-refractivity contribution in [1.82, 2.24) is 10.2 Å². The fourth-order valence-corrected chi connectivity index (χ4v) is 2.20. The first-order chi connectivity index (χ1) is 10.1. The number of carbonyl (C=O) groups is 1. The highest BCUT2D eigenvalue weighted by Gasteiger charge is 2.17. The molecule has 0 saturated carbocycles. The Bertz CT molecular complexity index is 564. The third-order valence-corrected chi connectivity index (χ3v) is 3.54. The molecule has 2 aromatic rings. The van der Waals surface area contributed by atoms with Crippen LogP contribution in [0.5, 0.6) is 0 Å². The topological polar surface area (TPSA) is 45.5 Å². The van der Waals surface area contributed by atoms with Crippen LogP contribution >= 0.6 is 11.6 Å². The molecule has 1 aromatic heterocycles. The van der Waals surface area contributed by atoms with Crippen molar-refractivity contribution < 1.29 is 9.21 Å². The number of halogens is 1. The van der Waals surface area contributed by atoms with Crippen LogP contribution in [-0.4, -0.2) is 37.9 Å². The molecule has 1 unspecified atom stereocenters. The Kier molecular flexibility index (Phi) is 5.56. The molecule has 1 N–H and O–H groups in total. The average Bonchev–Trinajstić information content (AvgIpc) is 2.97. The molecule has 0 aliphatic rings. The Hall–Kier alpha value is -1.62. The SMILES string of the molecule is CN(C)C(CNCC(=O)c1ccc(Cl)cc1)c1ccco1. The van der Waals surface area contributed by atoms with E-state index in [0.717, 1.165) is 5.76 Å². The van der Waals surface area contributed by atoms with Crippen LogP contribution in [0.15, 0.2) is 47.1 Å². The highest BCUT2D eigenvalue weighted by Crippen LogP contribution is 2.17. The molecule has 0 saturated heterocycles. The summed E-state index contributed by atoms with van der Waals surface area (Å²) in [6.45, 7) is 0.923. The first-order valence-electron chi connectivity index (χ1n) is 6.77. The minimum Gasteiger partial charge on any atom is -0.468 e. The Morgan fingerprint density at radius 2 is 2.00 bits per heavy atom. The maximum Gasteiger partial charge on any atom is 0.176 e. The molecule has 5 heteroatoms. The normalized spacial score (nSPS) is 12.6. The number of furan rings is 1. The molecule has 1 aromatic carbocycles. The Morgan fingerprint density at radius 1 is 1.29 bits per heavy atom. The van der Waals surface area contributed by atoms with Gasteiger partial charge < -0.3 is 9.73 Å². The number of rotatable bonds is 7. The molecule has 0 bridgehead atoms. The molecule has 0 fully saturated rings. The van der Waals surface area contributed by atoms with Crippen LogP contribution in [0.25, 0.3) is 0 Å². The van der Waals surface area contributed by atoms with E-state index >= 15 is 0 Å². The van der Waals surface area contributed by atoms with Crippen molar-refractivity contribution in [3.63, 3.8) is 0 Å². The molecule has 112 valence electrons. The zero-order valence-corrected chi connectivity index (χ0v) is 12.9. The van der Waals surface area contributed by atoms with Crippen molar-refractivity contribution in [3.8, 4) is 0 Å². The quantitative estimate of drug-likeness (QED) is 0.799. The van der Waals surface area contributed by atoms with E-state index in [1.165, 1.54) is 0 Å². The summed E-state index contributed by atoms with van der Waals surface area (Å²) in [6, 6.07) is 10.8. The van der Waals surface area contributed by atoms with E-state index in [2.05, 4.69) is 10.2 Å². The number of Topliss-reactive ketones (excluding diaryl/α,β-unsaturated/α-hetero) is 1. The van der Waals surface area contributed by atoms with E-state index < -0.39 is 0 Å². The van der Waals surface area contributed by atoms with E-state index in [1.54, 1.807) is 30.5 Å². The van der Waals surface area contributed by atoms with Crippen molar-refractivity contribution >= 4 is 17.4 Å². The molecule has 0 aliphatic carbocycles. The molecule has 0 spiro atoms. The summed E-state index contributed by atoms with van der Waals surface area (Å²) >= 11 is 5.81. The van der Waals surface area contributed by atoms with Crippen LogP contribution in [0.2, 0.25) is 5.02 Å². The summed E-state index contributed by atoms with van der Waals surface area (Å²) in [5.74, 6) is 0.926. The van der Waals surface area contributed by atoms with Crippen LogP contribution < -0.4 is 5.32 Å². The minimum absolute atomic E-state index is 0.0450. The van der Waals surface area contributed by atoms with Gasteiger partial charge in [-0.15, -0.1) is 0 Å². The highest BCUT2D eigenvalue weighted by molar-refractivity contribution is 6.30. The second-order valence-corrected chi connectivity index (χ2v) is 5.49. The largest absolute Gasteiger partial charge is 0.468 e. The minimum atomic E-state index is 0.0450. The zero-order chi connectivity index (χ0) is 15.2. The number of benzene rings is 1. The Morgan fingerprint density at radius 3 is 2.57 bits per heavy atom. The molecule has 0 amide bonds. The van der Waals surface area contributed by atoms with Gasteiger partial charge in [-0.2, -0.15) is 0 Å². The van der Waals surface area contributed by atoms with Crippen molar-refractivity contribution in [2.24, 2.45) is 0 Å². The van der Waals surface area contributed by atoms with Crippen molar-refractivity contribution in [3.05, 3.63) is 59.0 Å². The summed E-state index contributed by atoms with van der Waals surface area (Å²) in [4.78, 5) is 14.1. The lowest BCUT2D eigenvalue weighted by Gasteiger charge is -2.22. The maximum absolute atomic E-state index is 12.1. The fraction of sp³-hybridized carbons (Fsp3) is 0.312. The van der Waals surface area contributed by atoms with E-state index in [1.807, 2.05) is 26.2 Å². The number of likely N-dealkylation sites (N-methyl/N-ethyl adjacent to an activating group) is 1. The molecule has 0 radical (unpaired) electrons. The fourth-order valence-electron chi connectivity index (χ4n) is 2.08. The second-order valence-electron chi connectivity index (χ2n) is 5.06. The molecule has 0 aliphatic heterocycles. The monoisotopic (exact) mass is 306 g/mol. The summed E-state index contributed by atoms with van der Waals surface area (Å²) in [6.07, 6.45) is 1.66. The summed E-state index contributed by atoms with van der Waals surface area (Å²) in [7, 11) is 3.96. The number of hydrogen-bond acceptors (Lipinski definition) is 4. The number of hydrogen-bond donors (Lipinski definition) is 1. The summed E-state index contributed by atoms with van der Waals surface area (Å²) < 4.78 is 5.43. The van der Waals surface area contributed by atoms with Crippen LogP contribution in [0, 0.1) is 0 Å². The second kappa shape index (κ2) is 7.41. The number of ketones is 1. The lowest BCUT2D eigenvalue weighted by molar-refractivity contribution is 0.0987. The third-order valence-electron chi connectivity index (χ3n) is 3.28. The zero-order valence-electron chi connectivity index (χ0n) is 12.2. The molecule has 4 nitrogen and oxygen atoms in total. The van der Waals surface area contributed by atoms with Gasteiger partial charge in [-0.05, 0) is 50.5 Å². The molecule has 1 heterocycles. The molecule has 21 heavy (non-hydrogen) atoms. The van der Waals surface area contributed by atoms with Gasteiger partial charge in [0.05, 0.1) is 18.8 Å². The van der Waals surface area contributed by atoms with Gasteiger partial charge in [0, 0.05) is 17.1 Å². The first kappa shape index (κ1) is 15.8. The van der Waals surface area contributed by atoms with E-state index in [9.17, 15) is 4.79 Å². The standard InChI is InChI=1S/C16H19ClN2O2/c1-19(2)14(16-4-3-9-21-16)10-18-11-15(20)12-5-7-13(17)8-6-12/h3-9,14,18H,10-11H2,1-2H3. The number of carbonyl (C=O) groups excluding carboxylic acids is 1. The van der Waals surface area contributed by atoms with Crippen LogP contribution in [0.4, 0.5) is 0 Å². The Balaban J connectivity index is 1.88.